The van der Waals surface area contributed by atoms with Crippen molar-refractivity contribution in [3.63, 3.8) is 0 Å². The zero-order valence-corrected chi connectivity index (χ0v) is 24.4. The number of fused-ring (bicyclic) bond motifs is 6. The summed E-state index contributed by atoms with van der Waals surface area (Å²) >= 11 is 0. The molecule has 0 saturated carbocycles. The van der Waals surface area contributed by atoms with E-state index in [1.165, 1.54) is 21.5 Å². The Kier molecular flexibility index (Phi) is 5.72. The smallest absolute Gasteiger partial charge is 0.124 e. The minimum Gasteiger partial charge on any atom is -0.309 e. The Morgan fingerprint density at radius 1 is 0.333 bits per heavy atom. The van der Waals surface area contributed by atoms with Crippen LogP contribution < -0.4 is 0 Å². The maximum absolute atomic E-state index is 15.7. The molecule has 0 aliphatic rings. The maximum atomic E-state index is 15.7. The molecule has 45 heavy (non-hydrogen) atoms. The van der Waals surface area contributed by atoms with Gasteiger partial charge in [0.1, 0.15) is 5.82 Å². The molecular formula is C42H27FN2. The van der Waals surface area contributed by atoms with E-state index >= 15 is 4.39 Å². The van der Waals surface area contributed by atoms with Crippen molar-refractivity contribution in [3.05, 3.63) is 170 Å². The molecule has 0 N–H and O–H groups in total. The van der Waals surface area contributed by atoms with Crippen LogP contribution in [0.2, 0.25) is 0 Å². The quantitative estimate of drug-likeness (QED) is 0.197. The van der Waals surface area contributed by atoms with E-state index in [9.17, 15) is 0 Å². The summed E-state index contributed by atoms with van der Waals surface area (Å²) in [4.78, 5) is 0. The van der Waals surface area contributed by atoms with Gasteiger partial charge < -0.3 is 9.13 Å². The van der Waals surface area contributed by atoms with Gasteiger partial charge in [-0.3, -0.25) is 0 Å². The normalized spacial score (nSPS) is 11.7. The van der Waals surface area contributed by atoms with Crippen molar-refractivity contribution in [3.8, 4) is 33.6 Å². The number of hydrogen-bond donors (Lipinski definition) is 0. The molecule has 0 spiro atoms. The molecule has 2 heterocycles. The molecule has 0 radical (unpaired) electrons. The minimum atomic E-state index is -0.267. The summed E-state index contributed by atoms with van der Waals surface area (Å²) in [6, 6.07) is 56.0. The standard InChI is InChI=1S/C42H27FN2/c43-30-26-28(31-13-1-7-19-37(31)44-39-21-9-3-15-33(39)34-16-4-10-22-40(34)44)25-29(27-30)32-14-2-8-20-38(32)45-41-23-11-5-17-35(41)36-18-6-12-24-42(36)45/h1-27H. The molecule has 7 aromatic carbocycles. The number of rotatable bonds is 4. The lowest BCUT2D eigenvalue weighted by Crippen LogP contribution is -1.99. The minimum absolute atomic E-state index is 0.267. The predicted octanol–water partition coefficient (Wildman–Crippen LogP) is 11.4. The first-order chi connectivity index (χ1) is 22.3. The Hall–Kier alpha value is -5.93. The van der Waals surface area contributed by atoms with Crippen LogP contribution in [0.25, 0.3) is 77.2 Å². The van der Waals surface area contributed by atoms with Crippen LogP contribution in [0.1, 0.15) is 0 Å². The van der Waals surface area contributed by atoms with Crippen LogP contribution in [-0.2, 0) is 0 Å². The van der Waals surface area contributed by atoms with Gasteiger partial charge in [-0.05, 0) is 65.7 Å². The zero-order chi connectivity index (χ0) is 29.9. The Labute approximate surface area is 259 Å². The summed E-state index contributed by atoms with van der Waals surface area (Å²) in [5, 5.41) is 4.79. The number of benzene rings is 7. The highest BCUT2D eigenvalue weighted by molar-refractivity contribution is 6.11. The SMILES string of the molecule is Fc1cc(-c2ccccc2-n2c3ccccc3c3ccccc32)cc(-c2ccccc2-n2c3ccccc3c3ccccc32)c1. The van der Waals surface area contributed by atoms with Crippen LogP contribution in [0.15, 0.2) is 164 Å². The maximum Gasteiger partial charge on any atom is 0.124 e. The lowest BCUT2D eigenvalue weighted by Gasteiger charge is -2.17. The topological polar surface area (TPSA) is 9.86 Å². The van der Waals surface area contributed by atoms with Crippen molar-refractivity contribution in [2.75, 3.05) is 0 Å². The average Bonchev–Trinajstić information content (AvgIpc) is 3.61. The van der Waals surface area contributed by atoms with Crippen LogP contribution in [0.4, 0.5) is 4.39 Å². The van der Waals surface area contributed by atoms with E-state index in [0.717, 1.165) is 55.7 Å². The Balaban J connectivity index is 1.28. The van der Waals surface area contributed by atoms with Gasteiger partial charge in [-0.15, -0.1) is 0 Å². The fourth-order valence-electron chi connectivity index (χ4n) is 7.09. The second-order valence-corrected chi connectivity index (χ2v) is 11.5. The molecule has 3 heteroatoms. The molecule has 2 nitrogen and oxygen atoms in total. The van der Waals surface area contributed by atoms with Gasteiger partial charge >= 0.3 is 0 Å². The molecular weight excluding hydrogens is 551 g/mol. The van der Waals surface area contributed by atoms with E-state index in [1.807, 2.05) is 12.1 Å². The molecule has 9 aromatic rings. The first-order valence-corrected chi connectivity index (χ1v) is 15.2. The van der Waals surface area contributed by atoms with Gasteiger partial charge in [-0.25, -0.2) is 4.39 Å². The highest BCUT2D eigenvalue weighted by atomic mass is 19.1. The zero-order valence-electron chi connectivity index (χ0n) is 24.4. The molecule has 0 unspecified atom stereocenters. The van der Waals surface area contributed by atoms with E-state index in [0.29, 0.717) is 0 Å². The molecule has 212 valence electrons. The average molecular weight is 579 g/mol. The van der Waals surface area contributed by atoms with E-state index in [1.54, 1.807) is 12.1 Å². The molecule has 0 aliphatic carbocycles. The third kappa shape index (κ3) is 3.94. The van der Waals surface area contributed by atoms with Crippen molar-refractivity contribution < 1.29 is 4.39 Å². The van der Waals surface area contributed by atoms with Crippen molar-refractivity contribution in [1.82, 2.24) is 9.13 Å². The summed E-state index contributed by atoms with van der Waals surface area (Å²) < 4.78 is 20.4. The summed E-state index contributed by atoms with van der Waals surface area (Å²) in [5.74, 6) is -0.267. The molecule has 0 atom stereocenters. The van der Waals surface area contributed by atoms with Gasteiger partial charge in [0, 0.05) is 32.7 Å². The van der Waals surface area contributed by atoms with Gasteiger partial charge in [0.2, 0.25) is 0 Å². The molecule has 0 bridgehead atoms. The Morgan fingerprint density at radius 2 is 0.644 bits per heavy atom. The second-order valence-electron chi connectivity index (χ2n) is 11.5. The van der Waals surface area contributed by atoms with E-state index in [4.69, 9.17) is 0 Å². The van der Waals surface area contributed by atoms with Crippen LogP contribution in [-0.4, -0.2) is 9.13 Å². The van der Waals surface area contributed by atoms with E-state index in [2.05, 4.69) is 149 Å². The molecule has 0 fully saturated rings. The first-order valence-electron chi connectivity index (χ1n) is 15.2. The van der Waals surface area contributed by atoms with Crippen LogP contribution >= 0.6 is 0 Å². The summed E-state index contributed by atoms with van der Waals surface area (Å²) in [6.45, 7) is 0. The summed E-state index contributed by atoms with van der Waals surface area (Å²) in [6.07, 6.45) is 0. The van der Waals surface area contributed by atoms with Crippen LogP contribution in [0.3, 0.4) is 0 Å². The molecule has 2 aromatic heterocycles. The van der Waals surface area contributed by atoms with Gasteiger partial charge in [0.05, 0.1) is 33.4 Å². The van der Waals surface area contributed by atoms with Gasteiger partial charge in [0.25, 0.3) is 0 Å². The highest BCUT2D eigenvalue weighted by Gasteiger charge is 2.18. The van der Waals surface area contributed by atoms with Crippen molar-refractivity contribution >= 4 is 43.6 Å². The molecule has 0 amide bonds. The fourth-order valence-corrected chi connectivity index (χ4v) is 7.09. The monoisotopic (exact) mass is 578 g/mol. The van der Waals surface area contributed by atoms with E-state index in [-0.39, 0.29) is 5.82 Å². The first kappa shape index (κ1) is 25.6. The Bertz CT molecular complexity index is 2290. The summed E-state index contributed by atoms with van der Waals surface area (Å²) in [7, 11) is 0. The molecule has 9 rings (SSSR count). The van der Waals surface area contributed by atoms with Crippen molar-refractivity contribution in [2.45, 2.75) is 0 Å². The number of halogens is 1. The number of hydrogen-bond acceptors (Lipinski definition) is 0. The number of aromatic nitrogens is 2. The fraction of sp³-hybridized carbons (Fsp3) is 0. The predicted molar refractivity (Wildman–Crippen MR) is 186 cm³/mol. The van der Waals surface area contributed by atoms with Gasteiger partial charge in [0.15, 0.2) is 0 Å². The molecule has 0 saturated heterocycles. The third-order valence-corrected chi connectivity index (χ3v) is 8.97. The van der Waals surface area contributed by atoms with E-state index < -0.39 is 0 Å². The Morgan fingerprint density at radius 3 is 1.02 bits per heavy atom. The van der Waals surface area contributed by atoms with Gasteiger partial charge in [-0.2, -0.15) is 0 Å². The van der Waals surface area contributed by atoms with Crippen LogP contribution in [0, 0.1) is 5.82 Å². The van der Waals surface area contributed by atoms with Gasteiger partial charge in [-0.1, -0.05) is 109 Å². The molecule has 0 aliphatic heterocycles. The lowest BCUT2D eigenvalue weighted by atomic mass is 9.96. The second kappa shape index (κ2) is 10.1. The third-order valence-electron chi connectivity index (χ3n) is 8.97. The van der Waals surface area contributed by atoms with Crippen molar-refractivity contribution in [2.24, 2.45) is 0 Å². The largest absolute Gasteiger partial charge is 0.309 e. The highest BCUT2D eigenvalue weighted by Crippen LogP contribution is 2.40. The number of para-hydroxylation sites is 6. The van der Waals surface area contributed by atoms with Crippen LogP contribution in [0.5, 0.6) is 0 Å². The number of nitrogens with zero attached hydrogens (tertiary/aromatic N) is 2. The lowest BCUT2D eigenvalue weighted by molar-refractivity contribution is 0.629. The summed E-state index contributed by atoms with van der Waals surface area (Å²) in [5.41, 5.74) is 10.1. The van der Waals surface area contributed by atoms with Crippen molar-refractivity contribution in [1.29, 1.82) is 0 Å².